The smallest absolute Gasteiger partial charge is 0.261 e. The van der Waals surface area contributed by atoms with Crippen LogP contribution >= 0.6 is 0 Å². The van der Waals surface area contributed by atoms with Gasteiger partial charge >= 0.3 is 0 Å². The van der Waals surface area contributed by atoms with Crippen molar-refractivity contribution in [1.82, 2.24) is 14.5 Å². The Morgan fingerprint density at radius 2 is 1.81 bits per heavy atom. The zero-order valence-corrected chi connectivity index (χ0v) is 18.8. The van der Waals surface area contributed by atoms with Crippen molar-refractivity contribution in [3.8, 4) is 0 Å². The maximum atomic E-state index is 13.4. The highest BCUT2D eigenvalue weighted by molar-refractivity contribution is 5.94. The van der Waals surface area contributed by atoms with Crippen molar-refractivity contribution in [2.45, 2.75) is 46.2 Å². The number of amides is 1. The van der Waals surface area contributed by atoms with E-state index in [9.17, 15) is 9.59 Å². The quantitative estimate of drug-likeness (QED) is 0.519. The molecule has 0 bridgehead atoms. The lowest BCUT2D eigenvalue weighted by atomic mass is 10.1. The number of ether oxygens (including phenoxy) is 1. The molecule has 1 aromatic heterocycles. The van der Waals surface area contributed by atoms with E-state index in [-0.39, 0.29) is 17.5 Å². The Morgan fingerprint density at radius 1 is 1.10 bits per heavy atom. The molecule has 1 heterocycles. The number of hydrogen-bond donors (Lipinski definition) is 0. The molecular weight excluding hydrogens is 390 g/mol. The van der Waals surface area contributed by atoms with Gasteiger partial charge < -0.3 is 9.64 Å². The van der Waals surface area contributed by atoms with Gasteiger partial charge in [-0.25, -0.2) is 4.98 Å². The van der Waals surface area contributed by atoms with Crippen molar-refractivity contribution < 1.29 is 9.53 Å². The number of carbonyl (C=O) groups excluding carboxylic acids is 1. The summed E-state index contributed by atoms with van der Waals surface area (Å²) in [6.45, 7) is 7.35. The van der Waals surface area contributed by atoms with Gasteiger partial charge in [0.25, 0.3) is 11.5 Å². The molecule has 1 atom stereocenters. The van der Waals surface area contributed by atoms with Gasteiger partial charge in [0.15, 0.2) is 0 Å². The summed E-state index contributed by atoms with van der Waals surface area (Å²) < 4.78 is 6.90. The van der Waals surface area contributed by atoms with Gasteiger partial charge in [0.05, 0.1) is 30.1 Å². The van der Waals surface area contributed by atoms with Crippen LogP contribution in [-0.2, 0) is 17.7 Å². The van der Waals surface area contributed by atoms with Gasteiger partial charge in [-0.15, -0.1) is 0 Å². The molecule has 1 amide bonds. The van der Waals surface area contributed by atoms with Crippen molar-refractivity contribution in [1.29, 1.82) is 0 Å². The van der Waals surface area contributed by atoms with Gasteiger partial charge in [0.1, 0.15) is 5.82 Å². The fourth-order valence-electron chi connectivity index (χ4n) is 3.93. The van der Waals surface area contributed by atoms with Gasteiger partial charge in [-0.2, -0.15) is 0 Å². The predicted molar refractivity (Wildman–Crippen MR) is 123 cm³/mol. The molecule has 164 valence electrons. The van der Waals surface area contributed by atoms with E-state index >= 15 is 0 Å². The summed E-state index contributed by atoms with van der Waals surface area (Å²) in [6.07, 6.45) is 1.57. The number of rotatable bonds is 9. The zero-order chi connectivity index (χ0) is 22.4. The summed E-state index contributed by atoms with van der Waals surface area (Å²) in [5.41, 5.74) is 2.37. The van der Waals surface area contributed by atoms with E-state index < -0.39 is 0 Å². The van der Waals surface area contributed by atoms with Crippen molar-refractivity contribution in [3.63, 3.8) is 0 Å². The summed E-state index contributed by atoms with van der Waals surface area (Å²) in [4.78, 5) is 33.3. The third kappa shape index (κ3) is 4.69. The lowest BCUT2D eigenvalue weighted by molar-refractivity contribution is 0.0667. The minimum absolute atomic E-state index is 0.0577. The van der Waals surface area contributed by atoms with Crippen LogP contribution in [-0.4, -0.2) is 40.6 Å². The van der Waals surface area contributed by atoms with Crippen LogP contribution in [0, 0.1) is 0 Å². The van der Waals surface area contributed by atoms with Crippen LogP contribution in [0.3, 0.4) is 0 Å². The SMILES string of the molecule is CCc1ccc(C(=O)N(CC)C(CC)c2nc3ccccc3c(=O)n2CCOC)cc1. The van der Waals surface area contributed by atoms with E-state index in [0.29, 0.717) is 48.4 Å². The molecule has 0 aliphatic heterocycles. The third-order valence-electron chi connectivity index (χ3n) is 5.68. The molecule has 1 unspecified atom stereocenters. The summed E-state index contributed by atoms with van der Waals surface area (Å²) in [5, 5.41) is 0.571. The molecule has 0 saturated carbocycles. The molecule has 2 aromatic carbocycles. The standard InChI is InChI=1S/C25H31N3O3/c1-5-18-12-14-19(15-13-18)24(29)27(7-3)22(6-2)23-26-21-11-9-8-10-20(21)25(30)28(23)16-17-31-4/h8-15,22H,5-7,16-17H2,1-4H3. The summed E-state index contributed by atoms with van der Waals surface area (Å²) >= 11 is 0. The maximum absolute atomic E-state index is 13.4. The molecular formula is C25H31N3O3. The number of methoxy groups -OCH3 is 1. The molecule has 3 rings (SSSR count). The van der Waals surface area contributed by atoms with Crippen molar-refractivity contribution in [3.05, 3.63) is 75.8 Å². The largest absolute Gasteiger partial charge is 0.383 e. The predicted octanol–water partition coefficient (Wildman–Crippen LogP) is 4.22. The minimum atomic E-state index is -0.322. The average molecular weight is 422 g/mol. The fourth-order valence-corrected chi connectivity index (χ4v) is 3.93. The second kappa shape index (κ2) is 10.4. The number of hydrogen-bond acceptors (Lipinski definition) is 4. The zero-order valence-electron chi connectivity index (χ0n) is 18.8. The van der Waals surface area contributed by atoms with Crippen molar-refractivity contribution >= 4 is 16.8 Å². The van der Waals surface area contributed by atoms with Crippen molar-refractivity contribution in [2.24, 2.45) is 0 Å². The number of aromatic nitrogens is 2. The Labute approximate surface area is 183 Å². The summed E-state index contributed by atoms with van der Waals surface area (Å²) in [5.74, 6) is 0.543. The second-order valence-corrected chi connectivity index (χ2v) is 7.50. The van der Waals surface area contributed by atoms with E-state index in [2.05, 4.69) is 6.92 Å². The van der Waals surface area contributed by atoms with Crippen LogP contribution in [0.15, 0.2) is 53.3 Å². The number of para-hydroxylation sites is 1. The maximum Gasteiger partial charge on any atom is 0.261 e. The molecule has 0 fully saturated rings. The number of carbonyl (C=O) groups is 1. The topological polar surface area (TPSA) is 64.4 Å². The van der Waals surface area contributed by atoms with Gasteiger partial charge in [0, 0.05) is 19.2 Å². The number of nitrogens with zero attached hydrogens (tertiary/aromatic N) is 3. The normalized spacial score (nSPS) is 12.1. The molecule has 0 N–H and O–H groups in total. The molecule has 31 heavy (non-hydrogen) atoms. The van der Waals surface area contributed by atoms with Crippen LogP contribution in [0.1, 0.15) is 55.0 Å². The first kappa shape index (κ1) is 22.7. The number of fused-ring (bicyclic) bond motifs is 1. The first-order valence-electron chi connectivity index (χ1n) is 10.9. The molecule has 6 heteroatoms. The lowest BCUT2D eigenvalue weighted by Gasteiger charge is -2.31. The molecule has 0 spiro atoms. The Bertz CT molecular complexity index is 1090. The molecule has 0 radical (unpaired) electrons. The van der Waals surface area contributed by atoms with E-state index in [1.54, 1.807) is 22.6 Å². The highest BCUT2D eigenvalue weighted by Crippen LogP contribution is 2.25. The molecule has 0 aliphatic carbocycles. The van der Waals surface area contributed by atoms with Gasteiger partial charge in [-0.3, -0.25) is 14.2 Å². The fraction of sp³-hybridized carbons (Fsp3) is 0.400. The molecule has 3 aromatic rings. The summed E-state index contributed by atoms with van der Waals surface area (Å²) in [7, 11) is 1.61. The Kier molecular flexibility index (Phi) is 7.58. The van der Waals surface area contributed by atoms with E-state index in [4.69, 9.17) is 9.72 Å². The average Bonchev–Trinajstić information content (AvgIpc) is 2.81. The van der Waals surface area contributed by atoms with E-state index in [1.807, 2.05) is 56.3 Å². The first-order chi connectivity index (χ1) is 15.0. The van der Waals surface area contributed by atoms with Crippen LogP contribution < -0.4 is 5.56 Å². The van der Waals surface area contributed by atoms with Crippen LogP contribution in [0.25, 0.3) is 10.9 Å². The molecule has 6 nitrogen and oxygen atoms in total. The molecule has 0 aliphatic rings. The summed E-state index contributed by atoms with van der Waals surface area (Å²) in [6, 6.07) is 14.8. The number of benzene rings is 2. The Balaban J connectivity index is 2.09. The number of aryl methyl sites for hydroxylation is 1. The van der Waals surface area contributed by atoms with Gasteiger partial charge in [0.2, 0.25) is 0 Å². The van der Waals surface area contributed by atoms with Crippen LogP contribution in [0.2, 0.25) is 0 Å². The first-order valence-corrected chi connectivity index (χ1v) is 10.9. The molecule has 0 saturated heterocycles. The lowest BCUT2D eigenvalue weighted by Crippen LogP contribution is -2.39. The third-order valence-corrected chi connectivity index (χ3v) is 5.68. The second-order valence-electron chi connectivity index (χ2n) is 7.50. The van der Waals surface area contributed by atoms with E-state index in [0.717, 1.165) is 6.42 Å². The van der Waals surface area contributed by atoms with Crippen molar-refractivity contribution in [2.75, 3.05) is 20.3 Å². The van der Waals surface area contributed by atoms with Gasteiger partial charge in [-0.1, -0.05) is 38.1 Å². The minimum Gasteiger partial charge on any atom is -0.383 e. The Hall–Kier alpha value is -2.99. The highest BCUT2D eigenvalue weighted by Gasteiger charge is 2.28. The van der Waals surface area contributed by atoms with Crippen LogP contribution in [0.5, 0.6) is 0 Å². The van der Waals surface area contributed by atoms with Gasteiger partial charge in [-0.05, 0) is 49.6 Å². The highest BCUT2D eigenvalue weighted by atomic mass is 16.5. The monoisotopic (exact) mass is 421 g/mol. The van der Waals surface area contributed by atoms with Crippen LogP contribution in [0.4, 0.5) is 0 Å². The Morgan fingerprint density at radius 3 is 2.42 bits per heavy atom. The van der Waals surface area contributed by atoms with E-state index in [1.165, 1.54) is 5.56 Å².